The van der Waals surface area contributed by atoms with Crippen LogP contribution in [0.3, 0.4) is 0 Å². The summed E-state index contributed by atoms with van der Waals surface area (Å²) in [7, 11) is 0. The van der Waals surface area contributed by atoms with Crippen LogP contribution in [-0.2, 0) is 4.79 Å². The van der Waals surface area contributed by atoms with Crippen molar-refractivity contribution in [1.29, 1.82) is 0 Å². The number of nitrogens with one attached hydrogen (secondary N) is 2. The molecule has 0 atom stereocenters. The summed E-state index contributed by atoms with van der Waals surface area (Å²) >= 11 is 0. The molecule has 2 rings (SSSR count). The Balaban J connectivity index is 0.00000200. The summed E-state index contributed by atoms with van der Waals surface area (Å²) in [6.07, 6.45) is 0.998. The van der Waals surface area contributed by atoms with Crippen LogP contribution >= 0.6 is 12.4 Å². The average molecular weight is 306 g/mol. The number of carbonyl (C=O) groups excluding carboxylic acids is 1. The van der Waals surface area contributed by atoms with Gasteiger partial charge in [-0.05, 0) is 31.6 Å². The highest BCUT2D eigenvalue weighted by Gasteiger charge is 2.13. The molecule has 1 aromatic rings. The van der Waals surface area contributed by atoms with E-state index in [9.17, 15) is 13.6 Å². The zero-order chi connectivity index (χ0) is 13.7. The van der Waals surface area contributed by atoms with Crippen molar-refractivity contribution in [1.82, 2.24) is 10.2 Å². The number of nitrogens with zero attached hydrogens (tertiary/aromatic N) is 1. The van der Waals surface area contributed by atoms with E-state index in [-0.39, 0.29) is 30.5 Å². The first-order chi connectivity index (χ1) is 9.15. The summed E-state index contributed by atoms with van der Waals surface area (Å²) in [6.45, 7) is 3.75. The Labute approximate surface area is 122 Å². The van der Waals surface area contributed by atoms with Gasteiger partial charge in [0.25, 0.3) is 0 Å². The number of anilines is 1. The van der Waals surface area contributed by atoms with E-state index in [1.807, 2.05) is 4.90 Å². The fourth-order valence-corrected chi connectivity index (χ4v) is 2.04. The molecule has 0 unspecified atom stereocenters. The van der Waals surface area contributed by atoms with Gasteiger partial charge in [-0.1, -0.05) is 0 Å². The van der Waals surface area contributed by atoms with Gasteiger partial charge in [0.05, 0.1) is 6.54 Å². The van der Waals surface area contributed by atoms with Gasteiger partial charge in [0.15, 0.2) is 11.6 Å². The number of benzene rings is 1. The van der Waals surface area contributed by atoms with E-state index >= 15 is 0 Å². The van der Waals surface area contributed by atoms with Crippen LogP contribution in [0.15, 0.2) is 18.2 Å². The SMILES string of the molecule is Cl.O=C(CN1CCCNCC1)Nc1ccc(F)c(F)c1. The summed E-state index contributed by atoms with van der Waals surface area (Å²) in [5, 5.41) is 5.82. The van der Waals surface area contributed by atoms with Gasteiger partial charge in [-0.3, -0.25) is 9.69 Å². The fraction of sp³-hybridized carbons (Fsp3) is 0.462. The fourth-order valence-electron chi connectivity index (χ4n) is 2.04. The van der Waals surface area contributed by atoms with Gasteiger partial charge in [-0.25, -0.2) is 8.78 Å². The maximum absolute atomic E-state index is 13.0. The highest BCUT2D eigenvalue weighted by molar-refractivity contribution is 5.92. The third-order valence-electron chi connectivity index (χ3n) is 3.00. The molecule has 0 spiro atoms. The monoisotopic (exact) mass is 305 g/mol. The van der Waals surface area contributed by atoms with Crippen LogP contribution in [0.2, 0.25) is 0 Å². The minimum atomic E-state index is -0.961. The third-order valence-corrected chi connectivity index (χ3v) is 3.00. The van der Waals surface area contributed by atoms with Crippen LogP contribution < -0.4 is 10.6 Å². The Bertz CT molecular complexity index is 451. The second-order valence-electron chi connectivity index (χ2n) is 4.56. The Morgan fingerprint density at radius 1 is 1.25 bits per heavy atom. The lowest BCUT2D eigenvalue weighted by Crippen LogP contribution is -2.35. The van der Waals surface area contributed by atoms with E-state index in [2.05, 4.69) is 10.6 Å². The molecule has 112 valence electrons. The minimum Gasteiger partial charge on any atom is -0.325 e. The molecule has 0 bridgehead atoms. The molecule has 0 radical (unpaired) electrons. The lowest BCUT2D eigenvalue weighted by atomic mass is 10.3. The number of amides is 1. The van der Waals surface area contributed by atoms with Crippen molar-refractivity contribution < 1.29 is 13.6 Å². The average Bonchev–Trinajstić information content (AvgIpc) is 2.62. The first-order valence-electron chi connectivity index (χ1n) is 6.33. The maximum atomic E-state index is 13.0. The van der Waals surface area contributed by atoms with Gasteiger partial charge in [-0.2, -0.15) is 0 Å². The Morgan fingerprint density at radius 3 is 2.80 bits per heavy atom. The normalized spacial score (nSPS) is 16.1. The Hall–Kier alpha value is -1.24. The molecule has 1 aliphatic rings. The molecule has 0 aliphatic carbocycles. The number of rotatable bonds is 3. The lowest BCUT2D eigenvalue weighted by Gasteiger charge is -2.18. The van der Waals surface area contributed by atoms with Crippen molar-refractivity contribution in [2.75, 3.05) is 38.0 Å². The van der Waals surface area contributed by atoms with E-state index in [1.54, 1.807) is 0 Å². The second-order valence-corrected chi connectivity index (χ2v) is 4.56. The number of carbonyl (C=O) groups is 1. The summed E-state index contributed by atoms with van der Waals surface area (Å²) in [5.74, 6) is -2.10. The quantitative estimate of drug-likeness (QED) is 0.892. The molecule has 1 aliphatic heterocycles. The topological polar surface area (TPSA) is 44.4 Å². The molecule has 0 saturated carbocycles. The van der Waals surface area contributed by atoms with Gasteiger partial charge < -0.3 is 10.6 Å². The second kappa shape index (κ2) is 8.14. The van der Waals surface area contributed by atoms with Crippen LogP contribution in [-0.4, -0.2) is 43.5 Å². The molecule has 2 N–H and O–H groups in total. The highest BCUT2D eigenvalue weighted by atomic mass is 35.5. The van der Waals surface area contributed by atoms with Crippen molar-refractivity contribution in [3.63, 3.8) is 0 Å². The van der Waals surface area contributed by atoms with Crippen LogP contribution in [0, 0.1) is 11.6 Å². The zero-order valence-electron chi connectivity index (χ0n) is 11.0. The van der Waals surface area contributed by atoms with Crippen molar-refractivity contribution in [3.05, 3.63) is 29.8 Å². The van der Waals surface area contributed by atoms with Gasteiger partial charge in [0.1, 0.15) is 0 Å². The molecule has 1 heterocycles. The summed E-state index contributed by atoms with van der Waals surface area (Å²) < 4.78 is 25.7. The molecule has 1 aromatic carbocycles. The molecule has 20 heavy (non-hydrogen) atoms. The van der Waals surface area contributed by atoms with E-state index in [4.69, 9.17) is 0 Å². The Kier molecular flexibility index (Phi) is 6.84. The van der Waals surface area contributed by atoms with E-state index in [1.165, 1.54) is 6.07 Å². The predicted molar refractivity (Wildman–Crippen MR) is 76.2 cm³/mol. The molecule has 4 nitrogen and oxygen atoms in total. The lowest BCUT2D eigenvalue weighted by molar-refractivity contribution is -0.117. The van der Waals surface area contributed by atoms with Crippen molar-refractivity contribution in [2.45, 2.75) is 6.42 Å². The summed E-state index contributed by atoms with van der Waals surface area (Å²) in [6, 6.07) is 3.33. The zero-order valence-corrected chi connectivity index (χ0v) is 11.8. The van der Waals surface area contributed by atoms with Crippen molar-refractivity contribution >= 4 is 24.0 Å². The smallest absolute Gasteiger partial charge is 0.238 e. The van der Waals surface area contributed by atoms with E-state index in [0.717, 1.165) is 44.7 Å². The van der Waals surface area contributed by atoms with Crippen LogP contribution in [0.5, 0.6) is 0 Å². The summed E-state index contributed by atoms with van der Waals surface area (Å²) in [4.78, 5) is 13.8. The van der Waals surface area contributed by atoms with Gasteiger partial charge in [-0.15, -0.1) is 12.4 Å². The standard InChI is InChI=1S/C13H17F2N3O.ClH/c14-11-3-2-10(8-12(11)15)17-13(19)9-18-6-1-4-16-5-7-18;/h2-3,8,16H,1,4-7,9H2,(H,17,19);1H. The van der Waals surface area contributed by atoms with Crippen LogP contribution in [0.25, 0.3) is 0 Å². The molecular weight excluding hydrogens is 288 g/mol. The molecular formula is C13H18ClF2N3O. The minimum absolute atomic E-state index is 0. The largest absolute Gasteiger partial charge is 0.325 e. The molecule has 7 heteroatoms. The van der Waals surface area contributed by atoms with Gasteiger partial charge in [0, 0.05) is 24.8 Å². The highest BCUT2D eigenvalue weighted by Crippen LogP contribution is 2.13. The van der Waals surface area contributed by atoms with Gasteiger partial charge in [0.2, 0.25) is 5.91 Å². The predicted octanol–water partition coefficient (Wildman–Crippen LogP) is 1.62. The number of hydrogen-bond acceptors (Lipinski definition) is 3. The first-order valence-corrected chi connectivity index (χ1v) is 6.33. The summed E-state index contributed by atoms with van der Waals surface area (Å²) in [5.41, 5.74) is 0.275. The third kappa shape index (κ3) is 5.03. The molecule has 0 aromatic heterocycles. The van der Waals surface area contributed by atoms with Crippen LogP contribution in [0.4, 0.5) is 14.5 Å². The first kappa shape index (κ1) is 16.8. The van der Waals surface area contributed by atoms with Crippen molar-refractivity contribution in [3.8, 4) is 0 Å². The number of hydrogen-bond donors (Lipinski definition) is 2. The van der Waals surface area contributed by atoms with E-state index in [0.29, 0.717) is 0 Å². The maximum Gasteiger partial charge on any atom is 0.238 e. The van der Waals surface area contributed by atoms with E-state index < -0.39 is 11.6 Å². The van der Waals surface area contributed by atoms with Crippen LogP contribution in [0.1, 0.15) is 6.42 Å². The van der Waals surface area contributed by atoms with Crippen molar-refractivity contribution in [2.24, 2.45) is 0 Å². The number of halogens is 3. The molecule has 1 fully saturated rings. The van der Waals surface area contributed by atoms with Gasteiger partial charge >= 0.3 is 0 Å². The molecule has 1 amide bonds. The molecule has 1 saturated heterocycles. The Morgan fingerprint density at radius 2 is 2.05 bits per heavy atom.